The Labute approximate surface area is 146 Å². The number of halogens is 2. The van der Waals surface area contributed by atoms with Crippen LogP contribution in [0.25, 0.3) is 0 Å². The van der Waals surface area contributed by atoms with Crippen LogP contribution < -0.4 is 0 Å². The Morgan fingerprint density at radius 2 is 1.96 bits per heavy atom. The number of benzene rings is 1. The van der Waals surface area contributed by atoms with Crippen LogP contribution in [0.4, 0.5) is 4.39 Å². The Morgan fingerprint density at radius 3 is 2.61 bits per heavy atom. The number of amides is 1. The number of hydrogen-bond donors (Lipinski definition) is 0. The number of carbonyl (C=O) groups excluding carboxylic acids is 2. The third-order valence-electron chi connectivity index (χ3n) is 3.24. The number of nitrogens with zero attached hydrogens (tertiary/aromatic N) is 1. The number of rotatable bonds is 5. The molecule has 0 bridgehead atoms. The first-order valence-corrected chi connectivity index (χ1v) is 8.48. The molecule has 0 fully saturated rings. The highest BCUT2D eigenvalue weighted by Gasteiger charge is 2.20. The van der Waals surface area contributed by atoms with Crippen molar-refractivity contribution in [1.29, 1.82) is 0 Å². The van der Waals surface area contributed by atoms with Crippen LogP contribution >= 0.6 is 27.3 Å². The monoisotopic (exact) mass is 399 g/mol. The third kappa shape index (κ3) is 4.17. The minimum absolute atomic E-state index is 0.159. The lowest BCUT2D eigenvalue weighted by Gasteiger charge is -2.20. The van der Waals surface area contributed by atoms with E-state index in [1.165, 1.54) is 18.1 Å². The lowest BCUT2D eigenvalue weighted by molar-refractivity contribution is 0.0606. The van der Waals surface area contributed by atoms with Gasteiger partial charge in [-0.05, 0) is 37.3 Å². The van der Waals surface area contributed by atoms with Gasteiger partial charge in [0.1, 0.15) is 10.7 Å². The third-order valence-corrected chi connectivity index (χ3v) is 4.79. The van der Waals surface area contributed by atoms with Crippen molar-refractivity contribution in [3.05, 3.63) is 55.9 Å². The van der Waals surface area contributed by atoms with Gasteiger partial charge in [0.2, 0.25) is 0 Å². The van der Waals surface area contributed by atoms with Crippen molar-refractivity contribution < 1.29 is 18.7 Å². The standard InChI is InChI=1S/C16H15BrFNO3S/c1-3-19(9-10-8-11(17)4-5-12(10)18)15(20)13-6-7-14(23-13)16(21)22-2/h4-8H,3,9H2,1-2H3. The molecule has 7 heteroatoms. The van der Waals surface area contributed by atoms with E-state index < -0.39 is 5.97 Å². The largest absolute Gasteiger partial charge is 0.465 e. The van der Waals surface area contributed by atoms with E-state index in [2.05, 4.69) is 20.7 Å². The van der Waals surface area contributed by atoms with Gasteiger partial charge < -0.3 is 9.64 Å². The summed E-state index contributed by atoms with van der Waals surface area (Å²) in [6, 6.07) is 7.76. The average Bonchev–Trinajstić information content (AvgIpc) is 3.04. The summed E-state index contributed by atoms with van der Waals surface area (Å²) >= 11 is 4.36. The van der Waals surface area contributed by atoms with Crippen LogP contribution in [0.15, 0.2) is 34.8 Å². The van der Waals surface area contributed by atoms with Crippen LogP contribution in [-0.2, 0) is 11.3 Å². The molecule has 122 valence electrons. The number of hydrogen-bond acceptors (Lipinski definition) is 4. The minimum Gasteiger partial charge on any atom is -0.465 e. The Balaban J connectivity index is 2.20. The number of methoxy groups -OCH3 is 1. The van der Waals surface area contributed by atoms with Crippen molar-refractivity contribution in [2.75, 3.05) is 13.7 Å². The van der Waals surface area contributed by atoms with E-state index in [9.17, 15) is 14.0 Å². The number of esters is 1. The van der Waals surface area contributed by atoms with Gasteiger partial charge in [0.15, 0.2) is 0 Å². The summed E-state index contributed by atoms with van der Waals surface area (Å²) in [6.45, 7) is 2.41. The lowest BCUT2D eigenvalue weighted by atomic mass is 10.2. The molecule has 0 unspecified atom stereocenters. The second-order valence-corrected chi connectivity index (χ2v) is 6.71. The summed E-state index contributed by atoms with van der Waals surface area (Å²) in [5.74, 6) is -1.08. The van der Waals surface area contributed by atoms with E-state index in [0.717, 1.165) is 15.8 Å². The molecule has 0 saturated heterocycles. The fourth-order valence-electron chi connectivity index (χ4n) is 2.02. The highest BCUT2D eigenvalue weighted by molar-refractivity contribution is 9.10. The molecule has 1 heterocycles. The highest BCUT2D eigenvalue weighted by Crippen LogP contribution is 2.22. The second-order valence-electron chi connectivity index (χ2n) is 4.71. The highest BCUT2D eigenvalue weighted by atomic mass is 79.9. The quantitative estimate of drug-likeness (QED) is 0.711. The molecule has 1 aromatic heterocycles. The predicted molar refractivity (Wildman–Crippen MR) is 90.2 cm³/mol. The fourth-order valence-corrected chi connectivity index (χ4v) is 3.32. The first-order valence-electron chi connectivity index (χ1n) is 6.87. The first kappa shape index (κ1) is 17.6. The van der Waals surface area contributed by atoms with Crippen LogP contribution in [0.1, 0.15) is 31.8 Å². The summed E-state index contributed by atoms with van der Waals surface area (Å²) in [7, 11) is 1.29. The molecule has 0 spiro atoms. The van der Waals surface area contributed by atoms with Crippen molar-refractivity contribution in [3.8, 4) is 0 Å². The van der Waals surface area contributed by atoms with Gasteiger partial charge in [-0.15, -0.1) is 11.3 Å². The molecule has 1 aromatic carbocycles. The maximum atomic E-state index is 13.9. The summed E-state index contributed by atoms with van der Waals surface area (Å²) in [6.07, 6.45) is 0. The zero-order chi connectivity index (χ0) is 17.0. The van der Waals surface area contributed by atoms with Crippen molar-refractivity contribution in [2.45, 2.75) is 13.5 Å². The van der Waals surface area contributed by atoms with E-state index in [-0.39, 0.29) is 18.3 Å². The SMILES string of the molecule is CCN(Cc1cc(Br)ccc1F)C(=O)c1ccc(C(=O)OC)s1. The van der Waals surface area contributed by atoms with Crippen molar-refractivity contribution in [3.63, 3.8) is 0 Å². The second kappa shape index (κ2) is 7.70. The number of thiophene rings is 1. The normalized spacial score (nSPS) is 10.4. The van der Waals surface area contributed by atoms with Crippen molar-refractivity contribution >= 4 is 39.1 Å². The van der Waals surface area contributed by atoms with Gasteiger partial charge in [-0.2, -0.15) is 0 Å². The Bertz CT molecular complexity index is 732. The lowest BCUT2D eigenvalue weighted by Crippen LogP contribution is -2.30. The van der Waals surface area contributed by atoms with E-state index in [4.69, 9.17) is 0 Å². The molecule has 4 nitrogen and oxygen atoms in total. The predicted octanol–water partition coefficient (Wildman–Crippen LogP) is 4.10. The van der Waals surface area contributed by atoms with Crippen molar-refractivity contribution in [1.82, 2.24) is 4.90 Å². The molecule has 0 aliphatic carbocycles. The molecular weight excluding hydrogens is 385 g/mol. The van der Waals surface area contributed by atoms with E-state index in [1.54, 1.807) is 24.3 Å². The molecule has 2 rings (SSSR count). The van der Waals surface area contributed by atoms with Crippen molar-refractivity contribution in [2.24, 2.45) is 0 Å². The summed E-state index contributed by atoms with van der Waals surface area (Å²) in [4.78, 5) is 26.3. The van der Waals surface area contributed by atoms with Crippen LogP contribution in [0.3, 0.4) is 0 Å². The molecule has 0 radical (unpaired) electrons. The van der Waals surface area contributed by atoms with Gasteiger partial charge in [-0.1, -0.05) is 15.9 Å². The van der Waals surface area contributed by atoms with Gasteiger partial charge >= 0.3 is 5.97 Å². The van der Waals surface area contributed by atoms with Crippen LogP contribution in [0.2, 0.25) is 0 Å². The minimum atomic E-state index is -0.477. The molecule has 0 N–H and O–H groups in total. The molecule has 1 amide bonds. The average molecular weight is 400 g/mol. The summed E-state index contributed by atoms with van der Waals surface area (Å²) in [5.41, 5.74) is 0.430. The van der Waals surface area contributed by atoms with Crippen LogP contribution in [-0.4, -0.2) is 30.4 Å². The van der Waals surface area contributed by atoms with Gasteiger partial charge in [-0.25, -0.2) is 9.18 Å². The fraction of sp³-hybridized carbons (Fsp3) is 0.250. The Hall–Kier alpha value is -1.73. The topological polar surface area (TPSA) is 46.6 Å². The van der Waals surface area contributed by atoms with Gasteiger partial charge in [0.25, 0.3) is 5.91 Å². The number of ether oxygens (including phenoxy) is 1. The maximum Gasteiger partial charge on any atom is 0.348 e. The van der Waals surface area contributed by atoms with E-state index >= 15 is 0 Å². The van der Waals surface area contributed by atoms with Gasteiger partial charge in [0.05, 0.1) is 12.0 Å². The molecule has 2 aromatic rings. The van der Waals surface area contributed by atoms with Crippen LogP contribution in [0.5, 0.6) is 0 Å². The molecule has 0 aliphatic rings. The van der Waals surface area contributed by atoms with Gasteiger partial charge in [-0.3, -0.25) is 4.79 Å². The summed E-state index contributed by atoms with van der Waals surface area (Å²) < 4.78 is 19.3. The van der Waals surface area contributed by atoms with E-state index in [1.807, 2.05) is 6.92 Å². The summed E-state index contributed by atoms with van der Waals surface area (Å²) in [5, 5.41) is 0. The van der Waals surface area contributed by atoms with Gasteiger partial charge in [0, 0.05) is 23.1 Å². The zero-order valence-corrected chi connectivity index (χ0v) is 15.0. The number of carbonyl (C=O) groups is 2. The first-order chi connectivity index (χ1) is 11.0. The van der Waals surface area contributed by atoms with Crippen LogP contribution in [0, 0.1) is 5.82 Å². The smallest absolute Gasteiger partial charge is 0.348 e. The Kier molecular flexibility index (Phi) is 5.90. The molecular formula is C16H15BrFNO3S. The van der Waals surface area contributed by atoms with E-state index in [0.29, 0.717) is 21.9 Å². The Morgan fingerprint density at radius 1 is 1.26 bits per heavy atom. The maximum absolute atomic E-state index is 13.9. The zero-order valence-electron chi connectivity index (χ0n) is 12.6. The molecule has 0 aliphatic heterocycles. The molecule has 0 saturated carbocycles. The molecule has 23 heavy (non-hydrogen) atoms. The molecule has 0 atom stereocenters.